The van der Waals surface area contributed by atoms with Crippen LogP contribution in [0.3, 0.4) is 0 Å². The molecular weight excluding hydrogens is 236 g/mol. The molecular formula is C16H26N2O. The first-order valence-corrected chi connectivity index (χ1v) is 7.21. The summed E-state index contributed by atoms with van der Waals surface area (Å²) in [5, 5.41) is 3.65. The molecule has 1 aliphatic rings. The van der Waals surface area contributed by atoms with Gasteiger partial charge in [-0.05, 0) is 37.6 Å². The summed E-state index contributed by atoms with van der Waals surface area (Å²) in [6.45, 7) is 7.76. The van der Waals surface area contributed by atoms with E-state index in [4.69, 9.17) is 4.74 Å². The van der Waals surface area contributed by atoms with E-state index >= 15 is 0 Å². The Balaban J connectivity index is 2.27. The molecule has 106 valence electrons. The van der Waals surface area contributed by atoms with Gasteiger partial charge in [-0.25, -0.2) is 0 Å². The van der Waals surface area contributed by atoms with Crippen molar-refractivity contribution in [1.29, 1.82) is 0 Å². The Kier molecular flexibility index (Phi) is 4.83. The third-order valence-corrected chi connectivity index (χ3v) is 3.98. The van der Waals surface area contributed by atoms with Gasteiger partial charge >= 0.3 is 0 Å². The summed E-state index contributed by atoms with van der Waals surface area (Å²) in [4.78, 5) is 2.38. The number of nitrogens with zero attached hydrogens (tertiary/aromatic N) is 1. The molecule has 0 radical (unpaired) electrons. The van der Waals surface area contributed by atoms with Crippen molar-refractivity contribution in [3.05, 3.63) is 29.3 Å². The Labute approximate surface area is 116 Å². The highest BCUT2D eigenvalue weighted by atomic mass is 16.5. The molecule has 1 atom stereocenters. The fraction of sp³-hybridized carbons (Fsp3) is 0.625. The van der Waals surface area contributed by atoms with Crippen molar-refractivity contribution in [2.24, 2.45) is 0 Å². The van der Waals surface area contributed by atoms with Crippen LogP contribution in [0.2, 0.25) is 0 Å². The molecule has 0 spiro atoms. The van der Waals surface area contributed by atoms with Crippen LogP contribution >= 0.6 is 0 Å². The maximum absolute atomic E-state index is 5.55. The van der Waals surface area contributed by atoms with Crippen molar-refractivity contribution >= 4 is 0 Å². The quantitative estimate of drug-likeness (QED) is 0.906. The van der Waals surface area contributed by atoms with Crippen molar-refractivity contribution in [2.75, 3.05) is 33.8 Å². The van der Waals surface area contributed by atoms with Crippen molar-refractivity contribution in [3.8, 4) is 5.75 Å². The number of hydrogen-bond acceptors (Lipinski definition) is 3. The summed E-state index contributed by atoms with van der Waals surface area (Å²) >= 11 is 0. The zero-order valence-electron chi connectivity index (χ0n) is 12.6. The van der Waals surface area contributed by atoms with Gasteiger partial charge in [0.1, 0.15) is 5.75 Å². The molecule has 19 heavy (non-hydrogen) atoms. The lowest BCUT2D eigenvalue weighted by Gasteiger charge is -2.21. The second kappa shape index (κ2) is 6.40. The Morgan fingerprint density at radius 2 is 2.11 bits per heavy atom. The molecule has 3 heteroatoms. The highest BCUT2D eigenvalue weighted by Gasteiger charge is 2.20. The monoisotopic (exact) mass is 262 g/mol. The smallest absolute Gasteiger partial charge is 0.123 e. The number of methoxy groups -OCH3 is 1. The van der Waals surface area contributed by atoms with Gasteiger partial charge in [-0.3, -0.25) is 0 Å². The minimum atomic E-state index is 0.401. The number of hydrogen-bond donors (Lipinski definition) is 1. The minimum absolute atomic E-state index is 0.401. The van der Waals surface area contributed by atoms with Gasteiger partial charge < -0.3 is 15.0 Å². The van der Waals surface area contributed by atoms with Crippen LogP contribution in [-0.4, -0.2) is 38.7 Å². The number of likely N-dealkylation sites (N-methyl/N-ethyl adjacent to an activating group) is 1. The topological polar surface area (TPSA) is 24.5 Å². The van der Waals surface area contributed by atoms with E-state index in [2.05, 4.69) is 49.3 Å². The second-order valence-electron chi connectivity index (χ2n) is 5.75. The average Bonchev–Trinajstić information content (AvgIpc) is 2.62. The van der Waals surface area contributed by atoms with Gasteiger partial charge in [-0.1, -0.05) is 26.0 Å². The third-order valence-electron chi connectivity index (χ3n) is 3.98. The lowest BCUT2D eigenvalue weighted by molar-refractivity contribution is 0.353. The number of rotatable bonds is 3. The molecule has 0 saturated carbocycles. The van der Waals surface area contributed by atoms with Crippen molar-refractivity contribution in [2.45, 2.75) is 32.2 Å². The first kappa shape index (κ1) is 14.4. The average molecular weight is 262 g/mol. The fourth-order valence-electron chi connectivity index (χ4n) is 2.64. The fourth-order valence-corrected chi connectivity index (χ4v) is 2.64. The Morgan fingerprint density at radius 3 is 2.79 bits per heavy atom. The predicted molar refractivity (Wildman–Crippen MR) is 79.9 cm³/mol. The molecule has 0 bridgehead atoms. The molecule has 0 aromatic heterocycles. The molecule has 0 aliphatic carbocycles. The summed E-state index contributed by atoms with van der Waals surface area (Å²) in [7, 11) is 3.95. The van der Waals surface area contributed by atoms with Crippen LogP contribution in [0.4, 0.5) is 0 Å². The maximum Gasteiger partial charge on any atom is 0.123 e. The number of benzene rings is 1. The first-order valence-electron chi connectivity index (χ1n) is 7.21. The van der Waals surface area contributed by atoms with E-state index in [1.807, 2.05) is 0 Å². The van der Waals surface area contributed by atoms with E-state index in [-0.39, 0.29) is 0 Å². The number of ether oxygens (including phenoxy) is 1. The van der Waals surface area contributed by atoms with Crippen molar-refractivity contribution < 1.29 is 4.74 Å². The Morgan fingerprint density at radius 1 is 1.32 bits per heavy atom. The minimum Gasteiger partial charge on any atom is -0.496 e. The third kappa shape index (κ3) is 3.48. The number of nitrogens with one attached hydrogen (secondary N) is 1. The van der Waals surface area contributed by atoms with Crippen LogP contribution < -0.4 is 10.1 Å². The largest absolute Gasteiger partial charge is 0.496 e. The predicted octanol–water partition coefficient (Wildman–Crippen LogP) is 2.78. The van der Waals surface area contributed by atoms with Crippen LogP contribution in [-0.2, 0) is 0 Å². The molecule has 1 unspecified atom stereocenters. The SMILES string of the molecule is COc1ccc(C(C)C)cc1C1CCN(C)CCN1. The Hall–Kier alpha value is -1.06. The molecule has 1 N–H and O–H groups in total. The van der Waals surface area contributed by atoms with E-state index in [9.17, 15) is 0 Å². The van der Waals surface area contributed by atoms with E-state index in [0.29, 0.717) is 12.0 Å². The zero-order valence-corrected chi connectivity index (χ0v) is 12.6. The van der Waals surface area contributed by atoms with E-state index in [1.54, 1.807) is 7.11 Å². The van der Waals surface area contributed by atoms with Gasteiger partial charge in [0.25, 0.3) is 0 Å². The summed E-state index contributed by atoms with van der Waals surface area (Å²) in [5.74, 6) is 1.56. The molecule has 1 saturated heterocycles. The van der Waals surface area contributed by atoms with Gasteiger partial charge in [0, 0.05) is 24.7 Å². The van der Waals surface area contributed by atoms with E-state index in [1.165, 1.54) is 11.1 Å². The van der Waals surface area contributed by atoms with Gasteiger partial charge in [-0.15, -0.1) is 0 Å². The molecule has 0 amide bonds. The van der Waals surface area contributed by atoms with Gasteiger partial charge in [0.15, 0.2) is 0 Å². The summed E-state index contributed by atoms with van der Waals surface area (Å²) in [5.41, 5.74) is 2.69. The Bertz CT molecular complexity index is 417. The second-order valence-corrected chi connectivity index (χ2v) is 5.75. The van der Waals surface area contributed by atoms with Crippen molar-refractivity contribution in [1.82, 2.24) is 10.2 Å². The molecule has 2 rings (SSSR count). The molecule has 1 heterocycles. The molecule has 1 fully saturated rings. The summed E-state index contributed by atoms with van der Waals surface area (Å²) in [6.07, 6.45) is 1.13. The van der Waals surface area contributed by atoms with Gasteiger partial charge in [-0.2, -0.15) is 0 Å². The van der Waals surface area contributed by atoms with Crippen LogP contribution in [0.25, 0.3) is 0 Å². The van der Waals surface area contributed by atoms with Gasteiger partial charge in [0.05, 0.1) is 7.11 Å². The van der Waals surface area contributed by atoms with Crippen LogP contribution in [0.1, 0.15) is 43.4 Å². The highest BCUT2D eigenvalue weighted by molar-refractivity contribution is 5.40. The lowest BCUT2D eigenvalue weighted by atomic mass is 9.95. The van der Waals surface area contributed by atoms with Crippen LogP contribution in [0.15, 0.2) is 18.2 Å². The lowest BCUT2D eigenvalue weighted by Crippen LogP contribution is -2.25. The van der Waals surface area contributed by atoms with Gasteiger partial charge in [0.2, 0.25) is 0 Å². The highest BCUT2D eigenvalue weighted by Crippen LogP contribution is 2.31. The zero-order chi connectivity index (χ0) is 13.8. The maximum atomic E-state index is 5.55. The normalized spacial score (nSPS) is 21.4. The standard InChI is InChI=1S/C16H26N2O/c1-12(2)13-5-6-16(19-4)14(11-13)15-7-9-18(3)10-8-17-15/h5-6,11-12,15,17H,7-10H2,1-4H3. The molecule has 3 nitrogen and oxygen atoms in total. The van der Waals surface area contributed by atoms with E-state index < -0.39 is 0 Å². The van der Waals surface area contributed by atoms with Crippen LogP contribution in [0, 0.1) is 0 Å². The summed E-state index contributed by atoms with van der Waals surface area (Å²) in [6, 6.07) is 7.00. The molecule has 1 aromatic rings. The summed E-state index contributed by atoms with van der Waals surface area (Å²) < 4.78 is 5.55. The first-order chi connectivity index (χ1) is 9.11. The van der Waals surface area contributed by atoms with Crippen molar-refractivity contribution in [3.63, 3.8) is 0 Å². The van der Waals surface area contributed by atoms with E-state index in [0.717, 1.165) is 31.8 Å². The molecule has 1 aromatic carbocycles. The van der Waals surface area contributed by atoms with Crippen LogP contribution in [0.5, 0.6) is 5.75 Å². The molecule has 1 aliphatic heterocycles.